The normalized spacial score (nSPS) is 11.1. The molecule has 0 radical (unpaired) electrons. The fourth-order valence-corrected chi connectivity index (χ4v) is 2.82. The third-order valence-electron chi connectivity index (χ3n) is 4.62. The van der Waals surface area contributed by atoms with Crippen molar-refractivity contribution in [3.63, 3.8) is 0 Å². The number of halogens is 1. The van der Waals surface area contributed by atoms with E-state index >= 15 is 0 Å². The Morgan fingerprint density at radius 1 is 1.13 bits per heavy atom. The first-order chi connectivity index (χ1) is 14.7. The van der Waals surface area contributed by atoms with Crippen molar-refractivity contribution >= 4 is 23.4 Å². The van der Waals surface area contributed by atoms with Crippen LogP contribution in [0.3, 0.4) is 0 Å². The predicted octanol–water partition coefficient (Wildman–Crippen LogP) is 4.56. The van der Waals surface area contributed by atoms with E-state index < -0.39 is 0 Å². The number of nitrogens with zero attached hydrogens (tertiary/aromatic N) is 2. The van der Waals surface area contributed by atoms with Crippen molar-refractivity contribution in [2.24, 2.45) is 11.8 Å². The summed E-state index contributed by atoms with van der Waals surface area (Å²) in [6.07, 6.45) is 3.05. The standard InChI is InChI=1S/C23H32ClN3O4/c1-16(2)9-11-25-23(29)20-14-31-21(26-20)13-27(12-10-17(3)4)22(28)15-30-19-7-5-18(24)6-8-19/h5-8,14,16-17H,9-13,15H2,1-4H3,(H,25,29). The molecule has 0 aliphatic rings. The number of rotatable bonds is 12. The van der Waals surface area contributed by atoms with Gasteiger partial charge in [0.25, 0.3) is 11.8 Å². The summed E-state index contributed by atoms with van der Waals surface area (Å²) in [5, 5.41) is 3.43. The summed E-state index contributed by atoms with van der Waals surface area (Å²) in [5.74, 6) is 1.36. The van der Waals surface area contributed by atoms with E-state index in [0.717, 1.165) is 12.8 Å². The Labute approximate surface area is 189 Å². The molecule has 170 valence electrons. The highest BCUT2D eigenvalue weighted by atomic mass is 35.5. The van der Waals surface area contributed by atoms with Gasteiger partial charge >= 0.3 is 0 Å². The zero-order chi connectivity index (χ0) is 22.8. The lowest BCUT2D eigenvalue weighted by Crippen LogP contribution is -2.36. The lowest BCUT2D eigenvalue weighted by molar-refractivity contribution is -0.134. The molecule has 1 aromatic carbocycles. The predicted molar refractivity (Wildman–Crippen MR) is 120 cm³/mol. The maximum atomic E-state index is 12.8. The van der Waals surface area contributed by atoms with Crippen molar-refractivity contribution in [3.8, 4) is 5.75 Å². The Morgan fingerprint density at radius 2 is 1.81 bits per heavy atom. The van der Waals surface area contributed by atoms with Crippen LogP contribution in [-0.2, 0) is 11.3 Å². The number of aromatic nitrogens is 1. The largest absolute Gasteiger partial charge is 0.484 e. The van der Waals surface area contributed by atoms with Crippen LogP contribution >= 0.6 is 11.6 Å². The highest BCUT2D eigenvalue weighted by Gasteiger charge is 2.19. The second kappa shape index (κ2) is 12.3. The van der Waals surface area contributed by atoms with Crippen molar-refractivity contribution in [1.82, 2.24) is 15.2 Å². The molecule has 8 heteroatoms. The molecule has 0 fully saturated rings. The van der Waals surface area contributed by atoms with Gasteiger partial charge in [-0.15, -0.1) is 0 Å². The van der Waals surface area contributed by atoms with E-state index in [0.29, 0.717) is 41.6 Å². The van der Waals surface area contributed by atoms with Gasteiger partial charge in [0.2, 0.25) is 5.89 Å². The van der Waals surface area contributed by atoms with E-state index in [1.165, 1.54) is 6.26 Å². The first kappa shape index (κ1) is 24.7. The van der Waals surface area contributed by atoms with Crippen molar-refractivity contribution < 1.29 is 18.7 Å². The van der Waals surface area contributed by atoms with Gasteiger partial charge in [-0.05, 0) is 48.9 Å². The van der Waals surface area contributed by atoms with Gasteiger partial charge in [0.05, 0.1) is 6.54 Å². The summed E-state index contributed by atoms with van der Waals surface area (Å²) < 4.78 is 11.0. The quantitative estimate of drug-likeness (QED) is 0.513. The molecule has 31 heavy (non-hydrogen) atoms. The van der Waals surface area contributed by atoms with Crippen LogP contribution in [0.25, 0.3) is 0 Å². The van der Waals surface area contributed by atoms with Gasteiger partial charge in [-0.3, -0.25) is 9.59 Å². The maximum Gasteiger partial charge on any atom is 0.273 e. The Bertz CT molecular complexity index is 834. The molecule has 1 N–H and O–H groups in total. The van der Waals surface area contributed by atoms with E-state index in [9.17, 15) is 9.59 Å². The van der Waals surface area contributed by atoms with Crippen LogP contribution in [0.5, 0.6) is 5.75 Å². The Balaban J connectivity index is 1.96. The Hall–Kier alpha value is -2.54. The van der Waals surface area contributed by atoms with Crippen molar-refractivity contribution in [2.75, 3.05) is 19.7 Å². The van der Waals surface area contributed by atoms with Gasteiger partial charge in [-0.2, -0.15) is 0 Å². The van der Waals surface area contributed by atoms with Gasteiger partial charge in [0, 0.05) is 18.1 Å². The van der Waals surface area contributed by atoms with Crippen molar-refractivity contribution in [2.45, 2.75) is 47.1 Å². The zero-order valence-electron chi connectivity index (χ0n) is 18.7. The molecule has 0 unspecified atom stereocenters. The number of carbonyl (C=O) groups excluding carboxylic acids is 2. The number of oxazole rings is 1. The van der Waals surface area contributed by atoms with Crippen molar-refractivity contribution in [1.29, 1.82) is 0 Å². The van der Waals surface area contributed by atoms with Crippen LogP contribution in [0.4, 0.5) is 0 Å². The van der Waals surface area contributed by atoms with E-state index in [2.05, 4.69) is 38.0 Å². The minimum Gasteiger partial charge on any atom is -0.484 e. The number of nitrogens with one attached hydrogen (secondary N) is 1. The average Bonchev–Trinajstić information content (AvgIpc) is 3.18. The monoisotopic (exact) mass is 449 g/mol. The lowest BCUT2D eigenvalue weighted by atomic mass is 10.1. The minimum absolute atomic E-state index is 0.108. The van der Waals surface area contributed by atoms with Crippen molar-refractivity contribution in [3.05, 3.63) is 47.1 Å². The van der Waals surface area contributed by atoms with E-state index in [1.807, 2.05) is 0 Å². The molecule has 7 nitrogen and oxygen atoms in total. The smallest absolute Gasteiger partial charge is 0.273 e. The molecule has 0 atom stereocenters. The molecule has 1 heterocycles. The Kier molecular flexibility index (Phi) is 9.85. The molecule has 0 bridgehead atoms. The van der Waals surface area contributed by atoms with E-state index in [1.54, 1.807) is 29.2 Å². The first-order valence-corrected chi connectivity index (χ1v) is 11.0. The number of benzene rings is 1. The number of hydrogen-bond acceptors (Lipinski definition) is 5. The second-order valence-corrected chi connectivity index (χ2v) is 8.74. The van der Waals surface area contributed by atoms with E-state index in [4.69, 9.17) is 20.8 Å². The third-order valence-corrected chi connectivity index (χ3v) is 4.87. The van der Waals surface area contributed by atoms with Crippen LogP contribution in [0, 0.1) is 11.8 Å². The van der Waals surface area contributed by atoms with Crippen LogP contribution < -0.4 is 10.1 Å². The zero-order valence-corrected chi connectivity index (χ0v) is 19.4. The molecule has 0 spiro atoms. The summed E-state index contributed by atoms with van der Waals surface area (Å²) in [5.41, 5.74) is 0.215. The summed E-state index contributed by atoms with van der Waals surface area (Å²) in [6, 6.07) is 6.84. The van der Waals surface area contributed by atoms with Crippen LogP contribution in [0.2, 0.25) is 5.02 Å². The van der Waals surface area contributed by atoms with Gasteiger partial charge in [0.1, 0.15) is 12.0 Å². The molecule has 0 aliphatic heterocycles. The van der Waals surface area contributed by atoms with E-state index in [-0.39, 0.29) is 30.7 Å². The summed E-state index contributed by atoms with van der Waals surface area (Å²) in [7, 11) is 0. The van der Waals surface area contributed by atoms with Gasteiger partial charge in [0.15, 0.2) is 12.3 Å². The number of amides is 2. The molecule has 2 aromatic rings. The molecule has 1 aromatic heterocycles. The maximum absolute atomic E-state index is 12.8. The van der Waals surface area contributed by atoms with Gasteiger partial charge in [-0.25, -0.2) is 4.98 Å². The molecule has 2 amide bonds. The van der Waals surface area contributed by atoms with Gasteiger partial charge in [-0.1, -0.05) is 39.3 Å². The molecule has 2 rings (SSSR count). The average molecular weight is 450 g/mol. The summed E-state index contributed by atoms with van der Waals surface area (Å²) in [6.45, 7) is 9.57. The summed E-state index contributed by atoms with van der Waals surface area (Å²) >= 11 is 5.88. The second-order valence-electron chi connectivity index (χ2n) is 8.31. The minimum atomic E-state index is -0.276. The Morgan fingerprint density at radius 3 is 2.45 bits per heavy atom. The molecule has 0 aliphatic carbocycles. The van der Waals surface area contributed by atoms with Crippen LogP contribution in [0.15, 0.2) is 34.9 Å². The third kappa shape index (κ3) is 9.00. The molecular weight excluding hydrogens is 418 g/mol. The highest BCUT2D eigenvalue weighted by molar-refractivity contribution is 6.30. The molecule has 0 saturated heterocycles. The SMILES string of the molecule is CC(C)CCNC(=O)c1coc(CN(CCC(C)C)C(=O)COc2ccc(Cl)cc2)n1. The fourth-order valence-electron chi connectivity index (χ4n) is 2.69. The van der Waals surface area contributed by atoms with Gasteiger partial charge < -0.3 is 19.4 Å². The summed E-state index contributed by atoms with van der Waals surface area (Å²) in [4.78, 5) is 30.9. The van der Waals surface area contributed by atoms with Crippen LogP contribution in [-0.4, -0.2) is 41.4 Å². The first-order valence-electron chi connectivity index (χ1n) is 10.6. The fraction of sp³-hybridized carbons (Fsp3) is 0.522. The molecule has 0 saturated carbocycles. The number of ether oxygens (including phenoxy) is 1. The highest BCUT2D eigenvalue weighted by Crippen LogP contribution is 2.16. The molecular formula is C23H32ClN3O4. The topological polar surface area (TPSA) is 84.7 Å². The number of carbonyl (C=O) groups is 2. The van der Waals surface area contributed by atoms with Crippen LogP contribution in [0.1, 0.15) is 56.9 Å². The lowest BCUT2D eigenvalue weighted by Gasteiger charge is -2.22. The number of hydrogen-bond donors (Lipinski definition) is 1.